The van der Waals surface area contributed by atoms with Crippen molar-refractivity contribution in [1.29, 1.82) is 0 Å². The summed E-state index contributed by atoms with van der Waals surface area (Å²) in [5.41, 5.74) is 1.38. The van der Waals surface area contributed by atoms with E-state index in [0.717, 1.165) is 17.9 Å². The second kappa shape index (κ2) is 6.20. The monoisotopic (exact) mass is 330 g/mol. The van der Waals surface area contributed by atoms with Gasteiger partial charge in [0.05, 0.1) is 17.5 Å². The van der Waals surface area contributed by atoms with Gasteiger partial charge < -0.3 is 5.11 Å². The molecule has 1 N–H and O–H groups in total. The molecule has 0 spiro atoms. The number of amides is 1. The van der Waals surface area contributed by atoms with Crippen LogP contribution in [0.15, 0.2) is 52.7 Å². The molecule has 0 aromatic heterocycles. The molecule has 1 aromatic rings. The van der Waals surface area contributed by atoms with Crippen LogP contribution in [0.1, 0.15) is 26.7 Å². The lowest BCUT2D eigenvalue weighted by Crippen LogP contribution is -2.48. The van der Waals surface area contributed by atoms with Gasteiger partial charge in [0.25, 0.3) is 5.91 Å². The average Bonchev–Trinajstić information content (AvgIpc) is 2.54. The Morgan fingerprint density at radius 2 is 2.04 bits per heavy atom. The number of halogens is 1. The molecule has 5 heteroatoms. The summed E-state index contributed by atoms with van der Waals surface area (Å²) in [7, 11) is 0. The Bertz CT molecular complexity index is 719. The zero-order valence-corrected chi connectivity index (χ0v) is 13.9. The fourth-order valence-electron chi connectivity index (χ4n) is 2.82. The van der Waals surface area contributed by atoms with Crippen LogP contribution in [0.3, 0.4) is 0 Å². The molecule has 1 heterocycles. The number of anilines is 1. The normalized spacial score (nSPS) is 22.0. The summed E-state index contributed by atoms with van der Waals surface area (Å²) in [6.07, 6.45) is 4.51. The number of aliphatic hydroxyl groups excluding tert-OH is 1. The van der Waals surface area contributed by atoms with Crippen LogP contribution in [0, 0.1) is 5.92 Å². The standard InChI is InChI=1S/C18H19ClN2O2/c1-3-11(2)17-20-16-10-14(22)8-9-15(16)18(23)21(17)13-6-4-12(19)5-7-13/h4-9,11,16,22H,3,10H2,1-2H3. The molecule has 1 aromatic carbocycles. The third-order valence-electron chi connectivity index (χ3n) is 4.32. The van der Waals surface area contributed by atoms with Crippen molar-refractivity contribution >= 4 is 29.0 Å². The largest absolute Gasteiger partial charge is 0.512 e. The first kappa shape index (κ1) is 15.8. The van der Waals surface area contributed by atoms with E-state index in [1.807, 2.05) is 12.1 Å². The van der Waals surface area contributed by atoms with Crippen LogP contribution in [0.4, 0.5) is 5.69 Å². The van der Waals surface area contributed by atoms with Crippen molar-refractivity contribution in [3.05, 3.63) is 52.8 Å². The third kappa shape index (κ3) is 2.91. The van der Waals surface area contributed by atoms with Crippen LogP contribution >= 0.6 is 11.6 Å². The second-order valence-electron chi connectivity index (χ2n) is 5.91. The van der Waals surface area contributed by atoms with Crippen LogP contribution in [-0.2, 0) is 4.79 Å². The maximum absolute atomic E-state index is 13.0. The van der Waals surface area contributed by atoms with E-state index in [1.165, 1.54) is 0 Å². The van der Waals surface area contributed by atoms with Gasteiger partial charge in [-0.3, -0.25) is 14.7 Å². The van der Waals surface area contributed by atoms with Crippen LogP contribution in [0.25, 0.3) is 0 Å². The maximum atomic E-state index is 13.0. The minimum atomic E-state index is -0.292. The van der Waals surface area contributed by atoms with Crippen molar-refractivity contribution in [3.63, 3.8) is 0 Å². The molecule has 120 valence electrons. The number of carbonyl (C=O) groups is 1. The topological polar surface area (TPSA) is 52.9 Å². The van der Waals surface area contributed by atoms with E-state index < -0.39 is 0 Å². The van der Waals surface area contributed by atoms with E-state index in [1.54, 1.807) is 29.2 Å². The molecule has 2 aliphatic rings. The summed E-state index contributed by atoms with van der Waals surface area (Å²) in [6.45, 7) is 4.13. The minimum Gasteiger partial charge on any atom is -0.512 e. The predicted molar refractivity (Wildman–Crippen MR) is 93.0 cm³/mol. The predicted octanol–water partition coefficient (Wildman–Crippen LogP) is 4.27. The Kier molecular flexibility index (Phi) is 4.26. The summed E-state index contributed by atoms with van der Waals surface area (Å²) < 4.78 is 0. The molecule has 0 saturated carbocycles. The Balaban J connectivity index is 2.09. The number of hydrogen-bond donors (Lipinski definition) is 1. The molecule has 1 aliphatic heterocycles. The lowest BCUT2D eigenvalue weighted by molar-refractivity contribution is -0.114. The Labute approximate surface area is 140 Å². The van der Waals surface area contributed by atoms with E-state index in [4.69, 9.17) is 16.6 Å². The average molecular weight is 331 g/mol. The molecule has 2 atom stereocenters. The molecule has 0 fully saturated rings. The molecular formula is C18H19ClN2O2. The van der Waals surface area contributed by atoms with Gasteiger partial charge in [-0.15, -0.1) is 0 Å². The van der Waals surface area contributed by atoms with Gasteiger partial charge in [-0.05, 0) is 42.8 Å². The zero-order chi connectivity index (χ0) is 16.6. The highest BCUT2D eigenvalue weighted by Gasteiger charge is 2.37. The molecular weight excluding hydrogens is 312 g/mol. The highest BCUT2D eigenvalue weighted by atomic mass is 35.5. The van der Waals surface area contributed by atoms with Crippen LogP contribution < -0.4 is 4.90 Å². The van der Waals surface area contributed by atoms with Crippen LogP contribution in [-0.4, -0.2) is 22.9 Å². The van der Waals surface area contributed by atoms with Crippen LogP contribution in [0.5, 0.6) is 0 Å². The summed E-state index contributed by atoms with van der Waals surface area (Å²) in [5.74, 6) is 1.08. The number of carbonyl (C=O) groups excluding carboxylic acids is 1. The van der Waals surface area contributed by atoms with Gasteiger partial charge in [0.1, 0.15) is 5.84 Å². The lowest BCUT2D eigenvalue weighted by atomic mass is 9.92. The molecule has 1 aliphatic carbocycles. The zero-order valence-electron chi connectivity index (χ0n) is 13.2. The first-order chi connectivity index (χ1) is 11.0. The number of benzene rings is 1. The number of amidine groups is 1. The molecule has 0 radical (unpaired) electrons. The van der Waals surface area contributed by atoms with Crippen molar-refractivity contribution in [2.45, 2.75) is 32.7 Å². The summed E-state index contributed by atoms with van der Waals surface area (Å²) >= 11 is 5.96. The summed E-state index contributed by atoms with van der Waals surface area (Å²) in [6, 6.07) is 6.90. The van der Waals surface area contributed by atoms with Crippen LogP contribution in [0.2, 0.25) is 5.02 Å². The lowest BCUT2D eigenvalue weighted by Gasteiger charge is -2.36. The molecule has 1 amide bonds. The number of allylic oxidation sites excluding steroid dienone is 2. The third-order valence-corrected chi connectivity index (χ3v) is 4.57. The Morgan fingerprint density at radius 3 is 2.70 bits per heavy atom. The number of nitrogens with zero attached hydrogens (tertiary/aromatic N) is 2. The first-order valence-electron chi connectivity index (χ1n) is 7.78. The fraction of sp³-hybridized carbons (Fsp3) is 0.333. The van der Waals surface area contributed by atoms with Gasteiger partial charge in [-0.2, -0.15) is 0 Å². The van der Waals surface area contributed by atoms with Gasteiger partial charge in [-0.25, -0.2) is 0 Å². The quantitative estimate of drug-likeness (QED) is 0.899. The van der Waals surface area contributed by atoms with Gasteiger partial charge in [0.15, 0.2) is 0 Å². The number of aliphatic imine (C=N–C) groups is 1. The molecule has 3 rings (SSSR count). The molecule has 4 nitrogen and oxygen atoms in total. The second-order valence-corrected chi connectivity index (χ2v) is 6.35. The van der Waals surface area contributed by atoms with Gasteiger partial charge in [0.2, 0.25) is 0 Å². The van der Waals surface area contributed by atoms with Crippen molar-refractivity contribution in [3.8, 4) is 0 Å². The number of fused-ring (bicyclic) bond motifs is 1. The minimum absolute atomic E-state index is 0.0774. The highest BCUT2D eigenvalue weighted by molar-refractivity contribution is 6.31. The van der Waals surface area contributed by atoms with E-state index in [9.17, 15) is 9.90 Å². The van der Waals surface area contributed by atoms with Crippen molar-refractivity contribution in [2.24, 2.45) is 10.9 Å². The van der Waals surface area contributed by atoms with E-state index in [-0.39, 0.29) is 23.6 Å². The molecule has 0 bridgehead atoms. The smallest absolute Gasteiger partial charge is 0.261 e. The van der Waals surface area contributed by atoms with Gasteiger partial charge in [0, 0.05) is 22.9 Å². The van der Waals surface area contributed by atoms with Crippen molar-refractivity contribution in [1.82, 2.24) is 0 Å². The fourth-order valence-corrected chi connectivity index (χ4v) is 2.95. The first-order valence-corrected chi connectivity index (χ1v) is 8.16. The van der Waals surface area contributed by atoms with Crippen molar-refractivity contribution < 1.29 is 9.90 Å². The number of rotatable bonds is 3. The Hall–Kier alpha value is -2.07. The van der Waals surface area contributed by atoms with E-state index in [0.29, 0.717) is 17.0 Å². The Morgan fingerprint density at radius 1 is 1.35 bits per heavy atom. The highest BCUT2D eigenvalue weighted by Crippen LogP contribution is 2.32. The SMILES string of the molecule is CCC(C)C1=NC2CC(O)=CC=C2C(=O)N1c1ccc(Cl)cc1. The van der Waals surface area contributed by atoms with Gasteiger partial charge >= 0.3 is 0 Å². The summed E-state index contributed by atoms with van der Waals surface area (Å²) in [5, 5.41) is 10.4. The van der Waals surface area contributed by atoms with Crippen molar-refractivity contribution in [2.75, 3.05) is 4.90 Å². The molecule has 0 saturated heterocycles. The molecule has 23 heavy (non-hydrogen) atoms. The maximum Gasteiger partial charge on any atom is 0.261 e. The van der Waals surface area contributed by atoms with Gasteiger partial charge in [-0.1, -0.05) is 25.4 Å². The number of hydrogen-bond acceptors (Lipinski definition) is 3. The van der Waals surface area contributed by atoms with E-state index in [2.05, 4.69) is 13.8 Å². The summed E-state index contributed by atoms with van der Waals surface area (Å²) in [4.78, 5) is 19.5. The number of aliphatic hydroxyl groups is 1. The molecule has 2 unspecified atom stereocenters. The van der Waals surface area contributed by atoms with E-state index >= 15 is 0 Å².